The van der Waals surface area contributed by atoms with Gasteiger partial charge >= 0.3 is 5.97 Å². The molecule has 0 fully saturated rings. The molecule has 2 heteroatoms. The molecule has 58 valence electrons. The highest BCUT2D eigenvalue weighted by molar-refractivity contribution is 5.71. The Morgan fingerprint density at radius 1 is 1.70 bits per heavy atom. The van der Waals surface area contributed by atoms with E-state index in [-0.39, 0.29) is 11.9 Å². The highest BCUT2D eigenvalue weighted by Crippen LogP contribution is 2.03. The van der Waals surface area contributed by atoms with Crippen molar-refractivity contribution in [3.63, 3.8) is 0 Å². The average Bonchev–Trinajstić information content (AvgIpc) is 1.98. The first kappa shape index (κ1) is 9.21. The Bertz CT molecular complexity index is 127. The van der Waals surface area contributed by atoms with Gasteiger partial charge in [0.2, 0.25) is 0 Å². The highest BCUT2D eigenvalue weighted by Gasteiger charge is 2.09. The van der Waals surface area contributed by atoms with E-state index in [0.717, 1.165) is 6.42 Å². The third-order valence-corrected chi connectivity index (χ3v) is 1.33. The van der Waals surface area contributed by atoms with Gasteiger partial charge in [0.1, 0.15) is 0 Å². The maximum absolute atomic E-state index is 10.8. The van der Waals surface area contributed by atoms with E-state index in [1.165, 1.54) is 7.11 Å². The molecule has 10 heavy (non-hydrogen) atoms. The molecule has 0 spiro atoms. The second-order valence-electron chi connectivity index (χ2n) is 2.23. The summed E-state index contributed by atoms with van der Waals surface area (Å²) in [4.78, 5) is 10.8. The maximum Gasteiger partial charge on any atom is 0.308 e. The van der Waals surface area contributed by atoms with Crippen LogP contribution >= 0.6 is 0 Å². The van der Waals surface area contributed by atoms with Gasteiger partial charge in [0.15, 0.2) is 0 Å². The molecule has 1 atom stereocenters. The number of carbonyl (C=O) groups excluding carboxylic acids is 1. The van der Waals surface area contributed by atoms with Crippen molar-refractivity contribution in [1.29, 1.82) is 0 Å². The average molecular weight is 142 g/mol. The predicted molar refractivity (Wildman–Crippen MR) is 40.6 cm³/mol. The minimum atomic E-state index is -0.141. The zero-order valence-corrected chi connectivity index (χ0v) is 6.76. The van der Waals surface area contributed by atoms with Gasteiger partial charge in [0.25, 0.3) is 0 Å². The molecular weight excluding hydrogens is 128 g/mol. The third-order valence-electron chi connectivity index (χ3n) is 1.33. The fourth-order valence-corrected chi connectivity index (χ4v) is 0.638. The van der Waals surface area contributed by atoms with Crippen LogP contribution in [0.15, 0.2) is 12.2 Å². The lowest BCUT2D eigenvalue weighted by Crippen LogP contribution is -2.11. The molecule has 0 bridgehead atoms. The van der Waals surface area contributed by atoms with Crippen LogP contribution in [0.4, 0.5) is 0 Å². The minimum absolute atomic E-state index is 0.0128. The van der Waals surface area contributed by atoms with Crippen LogP contribution in [0.5, 0.6) is 0 Å². The fourth-order valence-electron chi connectivity index (χ4n) is 0.638. The summed E-state index contributed by atoms with van der Waals surface area (Å²) < 4.78 is 4.54. The Morgan fingerprint density at radius 2 is 2.30 bits per heavy atom. The summed E-state index contributed by atoms with van der Waals surface area (Å²) in [5.74, 6) is -0.153. The topological polar surface area (TPSA) is 26.3 Å². The van der Waals surface area contributed by atoms with E-state index >= 15 is 0 Å². The van der Waals surface area contributed by atoms with Gasteiger partial charge in [0, 0.05) is 0 Å². The summed E-state index contributed by atoms with van der Waals surface area (Å²) in [6.45, 7) is 3.79. The fraction of sp³-hybridized carbons (Fsp3) is 0.625. The van der Waals surface area contributed by atoms with Crippen molar-refractivity contribution in [3.05, 3.63) is 12.2 Å². The summed E-state index contributed by atoms with van der Waals surface area (Å²) in [6, 6.07) is 0. The lowest BCUT2D eigenvalue weighted by molar-refractivity contribution is -0.144. The molecule has 0 aromatic heterocycles. The van der Waals surface area contributed by atoms with Crippen molar-refractivity contribution in [2.24, 2.45) is 5.92 Å². The standard InChI is InChI=1S/C8H14O2/c1-4-5-6-7(2)8(9)10-3/h4-5,7H,6H2,1-3H3/b5-4+. The second-order valence-corrected chi connectivity index (χ2v) is 2.23. The van der Waals surface area contributed by atoms with Gasteiger partial charge in [-0.15, -0.1) is 0 Å². The molecule has 0 aliphatic carbocycles. The van der Waals surface area contributed by atoms with Crippen LogP contribution in [0, 0.1) is 5.92 Å². The molecule has 0 amide bonds. The van der Waals surface area contributed by atoms with Crippen molar-refractivity contribution in [2.45, 2.75) is 20.3 Å². The zero-order valence-electron chi connectivity index (χ0n) is 6.76. The number of allylic oxidation sites excluding steroid dienone is 2. The second kappa shape index (κ2) is 5.03. The number of hydrogen-bond donors (Lipinski definition) is 0. The first-order valence-electron chi connectivity index (χ1n) is 3.41. The van der Waals surface area contributed by atoms with Gasteiger partial charge in [-0.05, 0) is 13.3 Å². The van der Waals surface area contributed by atoms with E-state index in [4.69, 9.17) is 0 Å². The van der Waals surface area contributed by atoms with E-state index in [2.05, 4.69) is 4.74 Å². The number of hydrogen-bond acceptors (Lipinski definition) is 2. The van der Waals surface area contributed by atoms with Gasteiger partial charge in [-0.25, -0.2) is 0 Å². The predicted octanol–water partition coefficient (Wildman–Crippen LogP) is 1.76. The van der Waals surface area contributed by atoms with Crippen molar-refractivity contribution < 1.29 is 9.53 Å². The van der Waals surface area contributed by atoms with Crippen molar-refractivity contribution in [1.82, 2.24) is 0 Å². The number of methoxy groups -OCH3 is 1. The first-order valence-corrected chi connectivity index (χ1v) is 3.41. The summed E-state index contributed by atoms with van der Waals surface area (Å²) >= 11 is 0. The van der Waals surface area contributed by atoms with Gasteiger partial charge < -0.3 is 4.74 Å². The van der Waals surface area contributed by atoms with E-state index in [1.807, 2.05) is 26.0 Å². The summed E-state index contributed by atoms with van der Waals surface area (Å²) in [5, 5.41) is 0. The molecule has 0 aromatic rings. The van der Waals surface area contributed by atoms with Gasteiger partial charge in [0.05, 0.1) is 13.0 Å². The molecule has 2 nitrogen and oxygen atoms in total. The monoisotopic (exact) mass is 142 g/mol. The molecule has 0 aliphatic rings. The van der Waals surface area contributed by atoms with Gasteiger partial charge in [-0.2, -0.15) is 0 Å². The molecular formula is C8H14O2. The molecule has 0 radical (unpaired) electrons. The van der Waals surface area contributed by atoms with Crippen LogP contribution in [0.1, 0.15) is 20.3 Å². The van der Waals surface area contributed by atoms with E-state index in [9.17, 15) is 4.79 Å². The molecule has 0 aromatic carbocycles. The summed E-state index contributed by atoms with van der Waals surface area (Å²) in [5.41, 5.74) is 0. The van der Waals surface area contributed by atoms with E-state index in [0.29, 0.717) is 0 Å². The maximum atomic E-state index is 10.8. The minimum Gasteiger partial charge on any atom is -0.469 e. The molecule has 1 unspecified atom stereocenters. The zero-order chi connectivity index (χ0) is 7.98. The van der Waals surface area contributed by atoms with E-state index in [1.54, 1.807) is 0 Å². The number of esters is 1. The lowest BCUT2D eigenvalue weighted by atomic mass is 10.1. The molecule has 0 heterocycles. The SMILES string of the molecule is C/C=C/CC(C)C(=O)OC. The molecule has 0 aliphatic heterocycles. The van der Waals surface area contributed by atoms with Crippen molar-refractivity contribution >= 4 is 5.97 Å². The van der Waals surface area contributed by atoms with E-state index < -0.39 is 0 Å². The molecule has 0 saturated heterocycles. The van der Waals surface area contributed by atoms with Crippen LogP contribution < -0.4 is 0 Å². The van der Waals surface area contributed by atoms with Crippen molar-refractivity contribution in [2.75, 3.05) is 7.11 Å². The number of carbonyl (C=O) groups is 1. The van der Waals surface area contributed by atoms with Crippen LogP contribution in [0.3, 0.4) is 0 Å². The third kappa shape index (κ3) is 3.28. The number of ether oxygens (including phenoxy) is 1. The Balaban J connectivity index is 3.61. The highest BCUT2D eigenvalue weighted by atomic mass is 16.5. The summed E-state index contributed by atoms with van der Waals surface area (Å²) in [6.07, 6.45) is 4.66. The Kier molecular flexibility index (Phi) is 4.63. The van der Waals surface area contributed by atoms with Gasteiger partial charge in [-0.3, -0.25) is 4.79 Å². The smallest absolute Gasteiger partial charge is 0.308 e. The van der Waals surface area contributed by atoms with Crippen LogP contribution in [-0.4, -0.2) is 13.1 Å². The van der Waals surface area contributed by atoms with Crippen molar-refractivity contribution in [3.8, 4) is 0 Å². The summed E-state index contributed by atoms with van der Waals surface area (Å²) in [7, 11) is 1.41. The lowest BCUT2D eigenvalue weighted by Gasteiger charge is -2.03. The normalized spacial score (nSPS) is 13.5. The molecule has 0 rings (SSSR count). The number of rotatable bonds is 3. The van der Waals surface area contributed by atoms with Crippen LogP contribution in [0.25, 0.3) is 0 Å². The van der Waals surface area contributed by atoms with Gasteiger partial charge in [-0.1, -0.05) is 19.1 Å². The molecule has 0 saturated carbocycles. The largest absolute Gasteiger partial charge is 0.469 e. The Hall–Kier alpha value is -0.790. The first-order chi connectivity index (χ1) is 4.72. The quantitative estimate of drug-likeness (QED) is 0.443. The Labute approximate surface area is 61.9 Å². The Morgan fingerprint density at radius 3 is 2.70 bits per heavy atom. The molecule has 0 N–H and O–H groups in total. The van der Waals surface area contributed by atoms with Crippen LogP contribution in [0.2, 0.25) is 0 Å². The van der Waals surface area contributed by atoms with Crippen LogP contribution in [-0.2, 0) is 9.53 Å².